The molecule has 0 aliphatic heterocycles. The Morgan fingerprint density at radius 3 is 2.28 bits per heavy atom. The van der Waals surface area contributed by atoms with Crippen molar-refractivity contribution in [3.8, 4) is 5.75 Å². The first kappa shape index (κ1) is 12.3. The number of aromatic hydroxyl groups is 1. The Hall–Kier alpha value is -2.13. The summed E-state index contributed by atoms with van der Waals surface area (Å²) in [6.07, 6.45) is 3.12. The van der Waals surface area contributed by atoms with E-state index in [1.165, 1.54) is 6.21 Å². The zero-order valence-corrected chi connectivity index (χ0v) is 10.2. The summed E-state index contributed by atoms with van der Waals surface area (Å²) in [5.41, 5.74) is 1.54. The number of phenols is 1. The Morgan fingerprint density at radius 2 is 1.56 bits per heavy atom. The Balaban J connectivity index is 2.03. The number of phenolic OH excluding ortho intramolecular Hbond substituents is 1. The molecule has 0 unspecified atom stereocenters. The maximum atomic E-state index is 9.50. The van der Waals surface area contributed by atoms with Gasteiger partial charge in [0.25, 0.3) is 0 Å². The summed E-state index contributed by atoms with van der Waals surface area (Å²) >= 11 is 5.77. The summed E-state index contributed by atoms with van der Waals surface area (Å²) in [4.78, 5) is 0. The van der Waals surface area contributed by atoms with E-state index in [0.717, 1.165) is 5.56 Å². The van der Waals surface area contributed by atoms with Gasteiger partial charge in [-0.1, -0.05) is 35.9 Å². The van der Waals surface area contributed by atoms with E-state index in [4.69, 9.17) is 11.6 Å². The topological polar surface area (TPSA) is 45.0 Å². The summed E-state index contributed by atoms with van der Waals surface area (Å²) in [5, 5.41) is 18.0. The number of halogens is 1. The van der Waals surface area contributed by atoms with Crippen LogP contribution in [0.3, 0.4) is 0 Å². The number of benzene rings is 2. The lowest BCUT2D eigenvalue weighted by Gasteiger charge is -1.94. The summed E-state index contributed by atoms with van der Waals surface area (Å²) in [6.45, 7) is 0. The third kappa shape index (κ3) is 3.43. The molecule has 1 N–H and O–H groups in total. The molecule has 0 saturated carbocycles. The van der Waals surface area contributed by atoms with E-state index in [9.17, 15) is 5.11 Å². The number of hydrogen-bond acceptors (Lipinski definition) is 3. The van der Waals surface area contributed by atoms with Crippen LogP contribution in [0.4, 0.5) is 0 Å². The minimum absolute atomic E-state index is 0.183. The minimum atomic E-state index is 0.183. The van der Waals surface area contributed by atoms with Gasteiger partial charge < -0.3 is 5.11 Å². The number of para-hydroxylation sites is 1. The van der Waals surface area contributed by atoms with Crippen LogP contribution in [0.2, 0.25) is 5.02 Å². The van der Waals surface area contributed by atoms with Crippen molar-refractivity contribution >= 4 is 24.0 Å². The number of hydrogen-bond donors (Lipinski definition) is 1. The van der Waals surface area contributed by atoms with Gasteiger partial charge in [0.2, 0.25) is 0 Å². The first-order valence-electron chi connectivity index (χ1n) is 5.36. The van der Waals surface area contributed by atoms with Gasteiger partial charge in [-0.15, -0.1) is 0 Å². The summed E-state index contributed by atoms with van der Waals surface area (Å²) in [6, 6.07) is 14.2. The molecule has 0 amide bonds. The minimum Gasteiger partial charge on any atom is -0.507 e. The van der Waals surface area contributed by atoms with Crippen molar-refractivity contribution in [2.75, 3.05) is 0 Å². The predicted molar refractivity (Wildman–Crippen MR) is 74.7 cm³/mol. The molecule has 18 heavy (non-hydrogen) atoms. The van der Waals surface area contributed by atoms with Gasteiger partial charge in [0.1, 0.15) is 5.75 Å². The Labute approximate surface area is 110 Å². The summed E-state index contributed by atoms with van der Waals surface area (Å²) < 4.78 is 0. The molecule has 2 aromatic rings. The van der Waals surface area contributed by atoms with Crippen LogP contribution in [0.5, 0.6) is 5.75 Å². The fourth-order valence-electron chi connectivity index (χ4n) is 1.34. The molecule has 0 aromatic heterocycles. The van der Waals surface area contributed by atoms with Gasteiger partial charge in [-0.05, 0) is 29.8 Å². The Morgan fingerprint density at radius 1 is 0.889 bits per heavy atom. The molecule has 0 bridgehead atoms. The van der Waals surface area contributed by atoms with Crippen LogP contribution in [0, 0.1) is 0 Å². The standard InChI is InChI=1S/C14H11ClN2O/c15-13-7-5-11(6-8-13)9-16-17-10-12-3-1-2-4-14(12)18/h1-10,18H/b16-9-,17-10-. The molecule has 2 aromatic carbocycles. The van der Waals surface area contributed by atoms with Crippen LogP contribution in [0.15, 0.2) is 58.7 Å². The lowest BCUT2D eigenvalue weighted by molar-refractivity contribution is 0.474. The second kappa shape index (κ2) is 5.98. The van der Waals surface area contributed by atoms with Gasteiger partial charge in [0.15, 0.2) is 0 Å². The smallest absolute Gasteiger partial charge is 0.124 e. The molecule has 90 valence electrons. The second-order valence-corrected chi connectivity index (χ2v) is 4.04. The SMILES string of the molecule is Oc1ccccc1/C=N\N=C/c1ccc(Cl)cc1. The average molecular weight is 259 g/mol. The van der Waals surface area contributed by atoms with Crippen molar-refractivity contribution in [2.24, 2.45) is 10.2 Å². The highest BCUT2D eigenvalue weighted by Gasteiger charge is 1.93. The maximum Gasteiger partial charge on any atom is 0.124 e. The molecule has 0 spiro atoms. The largest absolute Gasteiger partial charge is 0.507 e. The van der Waals surface area contributed by atoms with Crippen LogP contribution in [-0.2, 0) is 0 Å². The van der Waals surface area contributed by atoms with E-state index in [-0.39, 0.29) is 5.75 Å². The van der Waals surface area contributed by atoms with E-state index in [1.54, 1.807) is 36.5 Å². The lowest BCUT2D eigenvalue weighted by Crippen LogP contribution is -1.81. The number of rotatable bonds is 3. The van der Waals surface area contributed by atoms with Crippen molar-refractivity contribution in [1.29, 1.82) is 0 Å². The van der Waals surface area contributed by atoms with Gasteiger partial charge in [-0.25, -0.2) is 0 Å². The van der Waals surface area contributed by atoms with Crippen LogP contribution >= 0.6 is 11.6 Å². The molecule has 3 nitrogen and oxygen atoms in total. The zero-order chi connectivity index (χ0) is 12.8. The molecule has 0 radical (unpaired) electrons. The maximum absolute atomic E-state index is 9.50. The van der Waals surface area contributed by atoms with E-state index in [1.807, 2.05) is 18.2 Å². The average Bonchev–Trinajstić information content (AvgIpc) is 2.39. The van der Waals surface area contributed by atoms with Crippen molar-refractivity contribution in [3.63, 3.8) is 0 Å². The van der Waals surface area contributed by atoms with E-state index >= 15 is 0 Å². The molecule has 0 fully saturated rings. The fraction of sp³-hybridized carbons (Fsp3) is 0. The van der Waals surface area contributed by atoms with Crippen LogP contribution in [0.25, 0.3) is 0 Å². The molecule has 0 heterocycles. The highest BCUT2D eigenvalue weighted by atomic mass is 35.5. The Bertz CT molecular complexity index is 577. The molecule has 4 heteroatoms. The van der Waals surface area contributed by atoms with Gasteiger partial charge >= 0.3 is 0 Å². The fourth-order valence-corrected chi connectivity index (χ4v) is 1.47. The van der Waals surface area contributed by atoms with E-state index in [2.05, 4.69) is 10.2 Å². The van der Waals surface area contributed by atoms with Crippen LogP contribution in [0.1, 0.15) is 11.1 Å². The molecular formula is C14H11ClN2O. The Kier molecular flexibility index (Phi) is 4.10. The highest BCUT2D eigenvalue weighted by Crippen LogP contribution is 2.12. The number of nitrogens with zero attached hydrogens (tertiary/aromatic N) is 2. The molecule has 0 atom stereocenters. The molecule has 0 aliphatic rings. The van der Waals surface area contributed by atoms with Gasteiger partial charge in [0, 0.05) is 10.6 Å². The summed E-state index contributed by atoms with van der Waals surface area (Å²) in [5.74, 6) is 0.183. The normalized spacial score (nSPS) is 11.4. The van der Waals surface area contributed by atoms with Crippen molar-refractivity contribution in [2.45, 2.75) is 0 Å². The third-order valence-electron chi connectivity index (χ3n) is 2.28. The van der Waals surface area contributed by atoms with Gasteiger partial charge in [-0.2, -0.15) is 10.2 Å². The first-order valence-corrected chi connectivity index (χ1v) is 5.73. The van der Waals surface area contributed by atoms with Gasteiger partial charge in [0.05, 0.1) is 12.4 Å². The zero-order valence-electron chi connectivity index (χ0n) is 9.49. The van der Waals surface area contributed by atoms with Crippen LogP contribution in [-0.4, -0.2) is 17.5 Å². The van der Waals surface area contributed by atoms with Gasteiger partial charge in [-0.3, -0.25) is 0 Å². The molecular weight excluding hydrogens is 248 g/mol. The molecule has 0 saturated heterocycles. The van der Waals surface area contributed by atoms with Crippen molar-refractivity contribution in [1.82, 2.24) is 0 Å². The van der Waals surface area contributed by atoms with Crippen molar-refractivity contribution in [3.05, 3.63) is 64.7 Å². The molecule has 0 aliphatic carbocycles. The quantitative estimate of drug-likeness (QED) is 0.665. The lowest BCUT2D eigenvalue weighted by atomic mass is 10.2. The molecule has 2 rings (SSSR count). The second-order valence-electron chi connectivity index (χ2n) is 3.60. The van der Waals surface area contributed by atoms with Crippen molar-refractivity contribution < 1.29 is 5.11 Å². The van der Waals surface area contributed by atoms with E-state index in [0.29, 0.717) is 10.6 Å². The van der Waals surface area contributed by atoms with E-state index < -0.39 is 0 Å². The van der Waals surface area contributed by atoms with Crippen LogP contribution < -0.4 is 0 Å². The monoisotopic (exact) mass is 258 g/mol. The third-order valence-corrected chi connectivity index (χ3v) is 2.53. The highest BCUT2D eigenvalue weighted by molar-refractivity contribution is 6.30. The predicted octanol–water partition coefficient (Wildman–Crippen LogP) is 3.50. The first-order chi connectivity index (χ1) is 8.75. The summed E-state index contributed by atoms with van der Waals surface area (Å²) in [7, 11) is 0.